The summed E-state index contributed by atoms with van der Waals surface area (Å²) in [5.74, 6) is 0.474. The minimum absolute atomic E-state index is 0.0552. The Morgan fingerprint density at radius 3 is 2.85 bits per heavy atom. The molecule has 3 N–H and O–H groups in total. The lowest BCUT2D eigenvalue weighted by Gasteiger charge is -2.22. The first kappa shape index (κ1) is 14.4. The van der Waals surface area contributed by atoms with Crippen molar-refractivity contribution in [3.05, 3.63) is 36.4 Å². The Balaban J connectivity index is 2.03. The first-order valence-corrected chi connectivity index (χ1v) is 7.15. The molecule has 0 saturated heterocycles. The van der Waals surface area contributed by atoms with Crippen molar-refractivity contribution < 1.29 is 9.53 Å². The van der Waals surface area contributed by atoms with Crippen LogP contribution in [0.15, 0.2) is 30.9 Å². The number of hydrogen-bond acceptors (Lipinski definition) is 3. The molecule has 1 aromatic carbocycles. The minimum atomic E-state index is -0.0552. The van der Waals surface area contributed by atoms with E-state index in [4.69, 9.17) is 10.5 Å². The zero-order valence-electron chi connectivity index (χ0n) is 11.7. The average Bonchev–Trinajstić information content (AvgIpc) is 2.47. The third-order valence-electron chi connectivity index (χ3n) is 3.57. The Morgan fingerprint density at radius 2 is 2.15 bits per heavy atom. The van der Waals surface area contributed by atoms with Crippen LogP contribution in [0.3, 0.4) is 0 Å². The lowest BCUT2D eigenvalue weighted by molar-refractivity contribution is 0.0927. The Labute approximate surface area is 120 Å². The van der Waals surface area contributed by atoms with Crippen LogP contribution < -0.4 is 15.8 Å². The van der Waals surface area contributed by atoms with Gasteiger partial charge >= 0.3 is 0 Å². The van der Waals surface area contributed by atoms with Gasteiger partial charge in [0.2, 0.25) is 0 Å². The van der Waals surface area contributed by atoms with Crippen molar-refractivity contribution in [2.24, 2.45) is 0 Å². The summed E-state index contributed by atoms with van der Waals surface area (Å²) in [6.45, 7) is 3.97. The molecule has 1 fully saturated rings. The van der Waals surface area contributed by atoms with Gasteiger partial charge in [-0.2, -0.15) is 0 Å². The van der Waals surface area contributed by atoms with Crippen LogP contribution in [0.1, 0.15) is 42.5 Å². The highest BCUT2D eigenvalue weighted by atomic mass is 16.5. The van der Waals surface area contributed by atoms with E-state index < -0.39 is 0 Å². The number of ether oxygens (including phenoxy) is 1. The predicted molar refractivity (Wildman–Crippen MR) is 80.9 cm³/mol. The van der Waals surface area contributed by atoms with Crippen LogP contribution in [-0.2, 0) is 0 Å². The number of hydrogen-bond donors (Lipinski definition) is 2. The number of carbonyl (C=O) groups is 1. The number of nitrogens with one attached hydrogen (secondary N) is 1. The molecule has 0 atom stereocenters. The Hall–Kier alpha value is -1.97. The third-order valence-corrected chi connectivity index (χ3v) is 3.57. The SMILES string of the molecule is C=CCOc1cc(C(=O)NC2CCCCC2)ccc1N. The van der Waals surface area contributed by atoms with E-state index in [-0.39, 0.29) is 5.91 Å². The molecule has 4 heteroatoms. The van der Waals surface area contributed by atoms with E-state index >= 15 is 0 Å². The lowest BCUT2D eigenvalue weighted by Crippen LogP contribution is -2.36. The number of amides is 1. The van der Waals surface area contributed by atoms with Crippen LogP contribution in [0, 0.1) is 0 Å². The largest absolute Gasteiger partial charge is 0.487 e. The van der Waals surface area contributed by atoms with Crippen molar-refractivity contribution in [2.45, 2.75) is 38.1 Å². The van der Waals surface area contributed by atoms with Gasteiger partial charge in [-0.15, -0.1) is 0 Å². The molecular weight excluding hydrogens is 252 g/mol. The summed E-state index contributed by atoms with van der Waals surface area (Å²) in [7, 11) is 0. The topological polar surface area (TPSA) is 64.3 Å². The molecule has 0 radical (unpaired) electrons. The van der Waals surface area contributed by atoms with E-state index in [0.29, 0.717) is 29.6 Å². The van der Waals surface area contributed by atoms with Crippen LogP contribution in [0.25, 0.3) is 0 Å². The van der Waals surface area contributed by atoms with Gasteiger partial charge in [0.1, 0.15) is 12.4 Å². The van der Waals surface area contributed by atoms with Gasteiger partial charge in [-0.05, 0) is 31.0 Å². The number of anilines is 1. The summed E-state index contributed by atoms with van der Waals surface area (Å²) in [5.41, 5.74) is 6.94. The Morgan fingerprint density at radius 1 is 1.40 bits per heavy atom. The maximum atomic E-state index is 12.2. The zero-order chi connectivity index (χ0) is 14.4. The average molecular weight is 274 g/mol. The molecule has 1 amide bonds. The van der Waals surface area contributed by atoms with Gasteiger partial charge in [0.05, 0.1) is 5.69 Å². The number of nitrogens with two attached hydrogens (primary N) is 1. The molecule has 1 saturated carbocycles. The Bertz CT molecular complexity index is 479. The number of benzene rings is 1. The standard InChI is InChI=1S/C16H22N2O2/c1-2-10-20-15-11-12(8-9-14(15)17)16(19)18-13-6-4-3-5-7-13/h2,8-9,11,13H,1,3-7,10,17H2,(H,18,19). The highest BCUT2D eigenvalue weighted by Gasteiger charge is 2.17. The number of carbonyl (C=O) groups excluding carboxylic acids is 1. The fourth-order valence-electron chi connectivity index (χ4n) is 2.46. The maximum Gasteiger partial charge on any atom is 0.251 e. The molecule has 0 unspecified atom stereocenters. The summed E-state index contributed by atoms with van der Waals surface area (Å²) >= 11 is 0. The molecular formula is C16H22N2O2. The molecule has 20 heavy (non-hydrogen) atoms. The van der Waals surface area contributed by atoms with Crippen molar-refractivity contribution >= 4 is 11.6 Å². The lowest BCUT2D eigenvalue weighted by atomic mass is 9.95. The van der Waals surface area contributed by atoms with Crippen molar-refractivity contribution in [3.63, 3.8) is 0 Å². The molecule has 1 aliphatic rings. The molecule has 1 aliphatic carbocycles. The van der Waals surface area contributed by atoms with Gasteiger partial charge < -0.3 is 15.8 Å². The fraction of sp³-hybridized carbons (Fsp3) is 0.438. The second-order valence-electron chi connectivity index (χ2n) is 5.16. The van der Waals surface area contributed by atoms with Crippen LogP contribution >= 0.6 is 0 Å². The second kappa shape index (κ2) is 6.98. The van der Waals surface area contributed by atoms with Gasteiger partial charge in [0.25, 0.3) is 5.91 Å². The second-order valence-corrected chi connectivity index (χ2v) is 5.16. The van der Waals surface area contributed by atoms with Gasteiger partial charge in [-0.25, -0.2) is 0 Å². The molecule has 0 bridgehead atoms. The summed E-state index contributed by atoms with van der Waals surface area (Å²) < 4.78 is 5.44. The van der Waals surface area contributed by atoms with Gasteiger partial charge in [-0.1, -0.05) is 31.9 Å². The highest BCUT2D eigenvalue weighted by Crippen LogP contribution is 2.23. The molecule has 0 spiro atoms. The van der Waals surface area contributed by atoms with Crippen LogP contribution in [0.4, 0.5) is 5.69 Å². The molecule has 2 rings (SSSR count). The third kappa shape index (κ3) is 3.76. The Kier molecular flexibility index (Phi) is 5.04. The van der Waals surface area contributed by atoms with Crippen molar-refractivity contribution in [1.29, 1.82) is 0 Å². The highest BCUT2D eigenvalue weighted by molar-refractivity contribution is 5.95. The number of rotatable bonds is 5. The van der Waals surface area contributed by atoms with E-state index in [1.807, 2.05) is 0 Å². The quantitative estimate of drug-likeness (QED) is 0.641. The van der Waals surface area contributed by atoms with Crippen LogP contribution in [-0.4, -0.2) is 18.6 Å². The van der Waals surface area contributed by atoms with Crippen molar-refractivity contribution in [3.8, 4) is 5.75 Å². The van der Waals surface area contributed by atoms with E-state index in [1.165, 1.54) is 19.3 Å². The van der Waals surface area contributed by atoms with Crippen LogP contribution in [0.5, 0.6) is 5.75 Å². The van der Waals surface area contributed by atoms with E-state index in [2.05, 4.69) is 11.9 Å². The first-order chi connectivity index (χ1) is 9.70. The normalized spacial score (nSPS) is 15.6. The van der Waals surface area contributed by atoms with Gasteiger partial charge in [0.15, 0.2) is 0 Å². The summed E-state index contributed by atoms with van der Waals surface area (Å²) in [5, 5.41) is 3.08. The summed E-state index contributed by atoms with van der Waals surface area (Å²) in [6, 6.07) is 5.42. The van der Waals surface area contributed by atoms with E-state index in [9.17, 15) is 4.79 Å². The van der Waals surface area contributed by atoms with Crippen LogP contribution in [0.2, 0.25) is 0 Å². The minimum Gasteiger partial charge on any atom is -0.487 e. The maximum absolute atomic E-state index is 12.2. The molecule has 0 heterocycles. The molecule has 1 aromatic rings. The fourth-order valence-corrected chi connectivity index (χ4v) is 2.46. The predicted octanol–water partition coefficient (Wildman–Crippen LogP) is 2.90. The monoisotopic (exact) mass is 274 g/mol. The van der Waals surface area contributed by atoms with Gasteiger partial charge in [-0.3, -0.25) is 4.79 Å². The zero-order valence-corrected chi connectivity index (χ0v) is 11.7. The molecule has 0 aromatic heterocycles. The number of nitrogen functional groups attached to an aromatic ring is 1. The molecule has 4 nitrogen and oxygen atoms in total. The van der Waals surface area contributed by atoms with E-state index in [1.54, 1.807) is 24.3 Å². The van der Waals surface area contributed by atoms with Gasteiger partial charge in [0, 0.05) is 11.6 Å². The smallest absolute Gasteiger partial charge is 0.251 e. The molecule has 108 valence electrons. The first-order valence-electron chi connectivity index (χ1n) is 7.15. The molecule has 0 aliphatic heterocycles. The van der Waals surface area contributed by atoms with Crippen molar-refractivity contribution in [2.75, 3.05) is 12.3 Å². The summed E-state index contributed by atoms with van der Waals surface area (Å²) in [4.78, 5) is 12.2. The van der Waals surface area contributed by atoms with E-state index in [0.717, 1.165) is 12.8 Å². The van der Waals surface area contributed by atoms with Crippen molar-refractivity contribution in [1.82, 2.24) is 5.32 Å². The summed E-state index contributed by atoms with van der Waals surface area (Å²) in [6.07, 6.45) is 7.45.